The van der Waals surface area contributed by atoms with Gasteiger partial charge in [0.1, 0.15) is 4.90 Å². The van der Waals surface area contributed by atoms with Gasteiger partial charge in [-0.05, 0) is 37.3 Å². The van der Waals surface area contributed by atoms with Gasteiger partial charge in [0, 0.05) is 18.1 Å². The number of aryl methyl sites for hydroxylation is 1. The van der Waals surface area contributed by atoms with Crippen LogP contribution in [0.1, 0.15) is 5.56 Å². The van der Waals surface area contributed by atoms with Crippen molar-refractivity contribution < 1.29 is 16.8 Å². The van der Waals surface area contributed by atoms with Crippen molar-refractivity contribution >= 4 is 25.7 Å². The molecule has 0 amide bonds. The Morgan fingerprint density at radius 2 is 1.44 bits per heavy atom. The quantitative estimate of drug-likeness (QED) is 0.742. The third-order valence-corrected chi connectivity index (χ3v) is 6.59. The Hall–Kier alpha value is -2.58. The molecule has 1 aromatic heterocycles. The lowest BCUT2D eigenvalue weighted by Gasteiger charge is -2.07. The summed E-state index contributed by atoms with van der Waals surface area (Å²) < 4.78 is 53.2. The van der Waals surface area contributed by atoms with Crippen molar-refractivity contribution in [1.82, 2.24) is 3.97 Å². The number of nitrogens with zero attached hydrogens (tertiary/aromatic N) is 1. The predicted octanol–water partition coefficient (Wildman–Crippen LogP) is 2.83. The summed E-state index contributed by atoms with van der Waals surface area (Å²) in [4.78, 5) is -0.0476. The van der Waals surface area contributed by atoms with Crippen LogP contribution in [0.3, 0.4) is 0 Å². The van der Waals surface area contributed by atoms with Crippen molar-refractivity contribution in [3.8, 4) is 0 Å². The maximum absolute atomic E-state index is 12.5. The van der Waals surface area contributed by atoms with E-state index in [9.17, 15) is 16.8 Å². The minimum atomic E-state index is -3.88. The molecule has 3 aromatic rings. The van der Waals surface area contributed by atoms with Crippen LogP contribution in [0.4, 0.5) is 5.69 Å². The largest absolute Gasteiger partial charge is 0.280 e. The molecule has 8 heteroatoms. The molecule has 0 unspecified atom stereocenters. The molecule has 0 aliphatic heterocycles. The number of hydrogen-bond acceptors (Lipinski definition) is 4. The average molecular weight is 376 g/mol. The molecule has 130 valence electrons. The zero-order valence-corrected chi connectivity index (χ0v) is 15.0. The smallest absolute Gasteiger partial charge is 0.267 e. The van der Waals surface area contributed by atoms with Crippen LogP contribution in [0, 0.1) is 6.92 Å². The molecule has 0 radical (unpaired) electrons. The summed E-state index contributed by atoms with van der Waals surface area (Å²) in [5, 5.41) is 0. The molecule has 0 saturated carbocycles. The van der Waals surface area contributed by atoms with Crippen LogP contribution < -0.4 is 4.72 Å². The van der Waals surface area contributed by atoms with E-state index in [1.807, 2.05) is 6.92 Å². The normalized spacial score (nSPS) is 12.0. The molecule has 1 heterocycles. The number of nitrogens with one attached hydrogen (secondary N) is 1. The van der Waals surface area contributed by atoms with Crippen molar-refractivity contribution in [2.75, 3.05) is 4.72 Å². The molecule has 0 spiro atoms. The Morgan fingerprint density at radius 3 is 2.08 bits per heavy atom. The van der Waals surface area contributed by atoms with Gasteiger partial charge in [0.15, 0.2) is 0 Å². The van der Waals surface area contributed by atoms with Crippen molar-refractivity contribution in [1.29, 1.82) is 0 Å². The molecule has 0 aliphatic rings. The Kier molecular flexibility index (Phi) is 4.40. The van der Waals surface area contributed by atoms with Gasteiger partial charge in [0.05, 0.1) is 4.90 Å². The summed E-state index contributed by atoms with van der Waals surface area (Å²) in [6.07, 6.45) is 2.30. The molecule has 6 nitrogen and oxygen atoms in total. The Morgan fingerprint density at radius 1 is 0.800 bits per heavy atom. The summed E-state index contributed by atoms with van der Waals surface area (Å²) in [7, 11) is -7.72. The van der Waals surface area contributed by atoms with Crippen LogP contribution in [0.25, 0.3) is 0 Å². The van der Waals surface area contributed by atoms with E-state index < -0.39 is 20.0 Å². The molecule has 0 saturated heterocycles. The Bertz CT molecular complexity index is 1090. The van der Waals surface area contributed by atoms with Crippen molar-refractivity contribution in [3.63, 3.8) is 0 Å². The van der Waals surface area contributed by atoms with E-state index in [4.69, 9.17) is 0 Å². The fraction of sp³-hybridized carbons (Fsp3) is 0.0588. The average Bonchev–Trinajstić information content (AvgIpc) is 3.09. The molecule has 0 aliphatic carbocycles. The Balaban J connectivity index is 1.91. The fourth-order valence-corrected chi connectivity index (χ4v) is 4.56. The molecule has 3 rings (SSSR count). The van der Waals surface area contributed by atoms with Gasteiger partial charge in [-0.15, -0.1) is 0 Å². The second-order valence-corrected chi connectivity index (χ2v) is 8.99. The van der Waals surface area contributed by atoms with E-state index in [0.717, 1.165) is 15.7 Å². The number of rotatable bonds is 5. The minimum Gasteiger partial charge on any atom is -0.280 e. The zero-order valence-electron chi connectivity index (χ0n) is 13.3. The van der Waals surface area contributed by atoms with Gasteiger partial charge in [-0.1, -0.05) is 35.9 Å². The first-order valence-corrected chi connectivity index (χ1v) is 10.3. The highest BCUT2D eigenvalue weighted by Crippen LogP contribution is 2.20. The fourth-order valence-electron chi connectivity index (χ4n) is 2.22. The lowest BCUT2D eigenvalue weighted by Crippen LogP contribution is -2.14. The first kappa shape index (κ1) is 17.2. The van der Waals surface area contributed by atoms with Gasteiger partial charge in [-0.3, -0.25) is 4.72 Å². The van der Waals surface area contributed by atoms with Gasteiger partial charge < -0.3 is 0 Å². The highest BCUT2D eigenvalue weighted by molar-refractivity contribution is 7.93. The minimum absolute atomic E-state index is 0.0843. The number of aromatic nitrogens is 1. The second-order valence-electron chi connectivity index (χ2n) is 5.47. The number of hydrogen-bond donors (Lipinski definition) is 1. The number of sulfonamides is 1. The van der Waals surface area contributed by atoms with Crippen LogP contribution >= 0.6 is 0 Å². The van der Waals surface area contributed by atoms with Gasteiger partial charge >= 0.3 is 0 Å². The standard InChI is InChI=1S/C17H16N2O4S2/c1-14-7-9-15(10-8-14)18-24(20,21)17-11-12-19(13-17)25(22,23)16-5-3-2-4-6-16/h2-13,18H,1H3. The molecule has 0 bridgehead atoms. The van der Waals surface area contributed by atoms with E-state index in [-0.39, 0.29) is 9.79 Å². The lowest BCUT2D eigenvalue weighted by molar-refractivity contribution is 0.587. The SMILES string of the molecule is Cc1ccc(NS(=O)(=O)c2ccn(S(=O)(=O)c3ccccc3)c2)cc1. The zero-order chi connectivity index (χ0) is 18.1. The highest BCUT2D eigenvalue weighted by atomic mass is 32.2. The predicted molar refractivity (Wildman–Crippen MR) is 95.4 cm³/mol. The summed E-state index contributed by atoms with van der Waals surface area (Å²) in [6, 6.07) is 15.9. The first-order valence-electron chi connectivity index (χ1n) is 7.37. The molecule has 0 atom stereocenters. The van der Waals surface area contributed by atoms with Crippen molar-refractivity contribution in [2.45, 2.75) is 16.7 Å². The molecule has 0 fully saturated rings. The molecular weight excluding hydrogens is 360 g/mol. The molecular formula is C17H16N2O4S2. The monoisotopic (exact) mass is 376 g/mol. The number of anilines is 1. The van der Waals surface area contributed by atoms with Gasteiger partial charge in [0.25, 0.3) is 20.0 Å². The second kappa shape index (κ2) is 6.38. The Labute approximate surface area is 146 Å². The summed E-state index contributed by atoms with van der Waals surface area (Å²) in [5.74, 6) is 0. The third-order valence-electron chi connectivity index (χ3n) is 3.57. The number of benzene rings is 2. The van der Waals surface area contributed by atoms with E-state index >= 15 is 0 Å². The van der Waals surface area contributed by atoms with Gasteiger partial charge in [0.2, 0.25) is 0 Å². The van der Waals surface area contributed by atoms with Gasteiger partial charge in [-0.25, -0.2) is 20.8 Å². The lowest BCUT2D eigenvalue weighted by atomic mass is 10.2. The molecule has 2 aromatic carbocycles. The van der Waals surface area contributed by atoms with Crippen LogP contribution in [-0.2, 0) is 20.0 Å². The summed E-state index contributed by atoms with van der Waals surface area (Å²) in [6.45, 7) is 1.90. The summed E-state index contributed by atoms with van der Waals surface area (Å²) >= 11 is 0. The van der Waals surface area contributed by atoms with Gasteiger partial charge in [-0.2, -0.15) is 0 Å². The van der Waals surface area contributed by atoms with E-state index in [2.05, 4.69) is 4.72 Å². The van der Waals surface area contributed by atoms with Crippen LogP contribution in [0.15, 0.2) is 82.8 Å². The maximum atomic E-state index is 12.5. The van der Waals surface area contributed by atoms with E-state index in [0.29, 0.717) is 5.69 Å². The highest BCUT2D eigenvalue weighted by Gasteiger charge is 2.21. The van der Waals surface area contributed by atoms with E-state index in [1.165, 1.54) is 24.4 Å². The van der Waals surface area contributed by atoms with Crippen molar-refractivity contribution in [3.05, 3.63) is 78.6 Å². The molecule has 1 N–H and O–H groups in total. The summed E-state index contributed by atoms with van der Waals surface area (Å²) in [5.41, 5.74) is 1.41. The van der Waals surface area contributed by atoms with Crippen molar-refractivity contribution in [2.24, 2.45) is 0 Å². The van der Waals surface area contributed by atoms with Crippen LogP contribution in [0.2, 0.25) is 0 Å². The third kappa shape index (κ3) is 3.59. The maximum Gasteiger partial charge on any atom is 0.267 e. The first-order chi connectivity index (χ1) is 11.8. The topological polar surface area (TPSA) is 85.2 Å². The van der Waals surface area contributed by atoms with Crippen LogP contribution in [-0.4, -0.2) is 20.8 Å². The van der Waals surface area contributed by atoms with Crippen LogP contribution in [0.5, 0.6) is 0 Å². The van der Waals surface area contributed by atoms with E-state index in [1.54, 1.807) is 42.5 Å². The molecule has 25 heavy (non-hydrogen) atoms.